The first-order chi connectivity index (χ1) is 13.6. The summed E-state index contributed by atoms with van der Waals surface area (Å²) in [6.45, 7) is 6.36. The van der Waals surface area contributed by atoms with Gasteiger partial charge in [-0.25, -0.2) is 0 Å². The summed E-state index contributed by atoms with van der Waals surface area (Å²) in [5, 5.41) is 0. The fourth-order valence-electron chi connectivity index (χ4n) is 3.09. The van der Waals surface area contributed by atoms with Gasteiger partial charge in [0.15, 0.2) is 0 Å². The van der Waals surface area contributed by atoms with Gasteiger partial charge in [-0.05, 0) is 38.5 Å². The van der Waals surface area contributed by atoms with Crippen LogP contribution in [0.5, 0.6) is 0 Å². The normalized spacial score (nSPS) is 12.2. The number of ether oxygens (including phenoxy) is 2. The lowest BCUT2D eigenvalue weighted by Crippen LogP contribution is -2.15. The van der Waals surface area contributed by atoms with E-state index >= 15 is 0 Å². The maximum Gasteiger partial charge on any atom is 0.305 e. The molecule has 1 atom stereocenters. The van der Waals surface area contributed by atoms with Crippen molar-refractivity contribution in [3.8, 4) is 0 Å². The van der Waals surface area contributed by atoms with Crippen molar-refractivity contribution in [2.75, 3.05) is 6.61 Å². The van der Waals surface area contributed by atoms with Crippen molar-refractivity contribution in [3.05, 3.63) is 12.2 Å². The number of unbranched alkanes of at least 4 members (excludes halogenated alkanes) is 9. The van der Waals surface area contributed by atoms with E-state index in [1.807, 2.05) is 0 Å². The average Bonchev–Trinajstić information content (AvgIpc) is 2.66. The summed E-state index contributed by atoms with van der Waals surface area (Å²) in [6.07, 6.45) is 20.2. The van der Waals surface area contributed by atoms with Gasteiger partial charge in [0, 0.05) is 19.8 Å². The molecular weight excluding hydrogens is 352 g/mol. The first-order valence-electron chi connectivity index (χ1n) is 11.6. The zero-order valence-electron chi connectivity index (χ0n) is 18.7. The van der Waals surface area contributed by atoms with E-state index in [1.54, 1.807) is 0 Å². The van der Waals surface area contributed by atoms with E-state index in [1.165, 1.54) is 45.4 Å². The first kappa shape index (κ1) is 26.7. The van der Waals surface area contributed by atoms with Gasteiger partial charge in [-0.2, -0.15) is 0 Å². The van der Waals surface area contributed by atoms with Gasteiger partial charge in [0.1, 0.15) is 6.10 Å². The van der Waals surface area contributed by atoms with Crippen LogP contribution in [-0.2, 0) is 19.1 Å². The van der Waals surface area contributed by atoms with Gasteiger partial charge in [-0.3, -0.25) is 9.59 Å². The van der Waals surface area contributed by atoms with Crippen LogP contribution in [0.25, 0.3) is 0 Å². The number of carbonyl (C=O) groups is 2. The number of allylic oxidation sites excluding steroid dienone is 1. The minimum Gasteiger partial charge on any atom is -0.466 e. The Bertz CT molecular complexity index is 403. The largest absolute Gasteiger partial charge is 0.466 e. The number of hydrogen-bond donors (Lipinski definition) is 0. The van der Waals surface area contributed by atoms with Gasteiger partial charge >= 0.3 is 11.9 Å². The topological polar surface area (TPSA) is 52.6 Å². The molecule has 0 aromatic carbocycles. The maximum absolute atomic E-state index is 11.5. The summed E-state index contributed by atoms with van der Waals surface area (Å²) in [6, 6.07) is 0. The summed E-state index contributed by atoms with van der Waals surface area (Å²) >= 11 is 0. The minimum atomic E-state index is -0.178. The fourth-order valence-corrected chi connectivity index (χ4v) is 3.09. The molecule has 0 aliphatic heterocycles. The Labute approximate surface area is 173 Å². The molecule has 28 heavy (non-hydrogen) atoms. The lowest BCUT2D eigenvalue weighted by Gasteiger charge is -2.15. The molecule has 0 amide bonds. The minimum absolute atomic E-state index is 0.0303. The highest BCUT2D eigenvalue weighted by molar-refractivity contribution is 5.69. The van der Waals surface area contributed by atoms with Gasteiger partial charge in [-0.1, -0.05) is 70.9 Å². The lowest BCUT2D eigenvalue weighted by atomic mass is 10.1. The predicted molar refractivity (Wildman–Crippen MR) is 116 cm³/mol. The van der Waals surface area contributed by atoms with Crippen LogP contribution in [0.3, 0.4) is 0 Å². The van der Waals surface area contributed by atoms with Crippen molar-refractivity contribution in [1.29, 1.82) is 0 Å². The quantitative estimate of drug-likeness (QED) is 0.135. The fraction of sp³-hybridized carbons (Fsp3) is 0.833. The van der Waals surface area contributed by atoms with E-state index in [2.05, 4.69) is 26.0 Å². The first-order valence-corrected chi connectivity index (χ1v) is 11.6. The average molecular weight is 397 g/mol. The van der Waals surface area contributed by atoms with E-state index in [-0.39, 0.29) is 18.0 Å². The highest BCUT2D eigenvalue weighted by atomic mass is 16.5. The molecule has 0 saturated carbocycles. The van der Waals surface area contributed by atoms with E-state index in [4.69, 9.17) is 9.47 Å². The Balaban J connectivity index is 3.64. The van der Waals surface area contributed by atoms with E-state index < -0.39 is 0 Å². The summed E-state index contributed by atoms with van der Waals surface area (Å²) in [4.78, 5) is 22.7. The molecule has 4 nitrogen and oxygen atoms in total. The SMILES string of the molecule is CCCCCCC(C/C=C/CCCCCCCC(=O)OCCCC)OC(C)=O. The summed E-state index contributed by atoms with van der Waals surface area (Å²) in [5.41, 5.74) is 0. The standard InChI is InChI=1S/C24H44O4/c1-4-6-8-15-18-23(28-22(3)25)19-16-13-11-9-10-12-14-17-20-24(26)27-21-7-5-2/h13,16,23H,4-12,14-15,17-21H2,1-3H3/b16-13+. The summed E-state index contributed by atoms with van der Waals surface area (Å²) in [7, 11) is 0. The summed E-state index contributed by atoms with van der Waals surface area (Å²) < 4.78 is 10.6. The molecule has 1 unspecified atom stereocenters. The molecule has 0 aromatic rings. The third kappa shape index (κ3) is 19.4. The van der Waals surface area contributed by atoms with Gasteiger partial charge in [-0.15, -0.1) is 0 Å². The second kappa shape index (κ2) is 20.4. The van der Waals surface area contributed by atoms with Crippen LogP contribution < -0.4 is 0 Å². The monoisotopic (exact) mass is 396 g/mol. The number of hydrogen-bond acceptors (Lipinski definition) is 4. The van der Waals surface area contributed by atoms with Gasteiger partial charge in [0.05, 0.1) is 6.61 Å². The zero-order valence-corrected chi connectivity index (χ0v) is 18.7. The number of carbonyl (C=O) groups excluding carboxylic acids is 2. The molecule has 0 fully saturated rings. The molecule has 4 heteroatoms. The molecule has 0 radical (unpaired) electrons. The smallest absolute Gasteiger partial charge is 0.305 e. The second-order valence-corrected chi connectivity index (χ2v) is 7.67. The van der Waals surface area contributed by atoms with Crippen LogP contribution in [0.4, 0.5) is 0 Å². The lowest BCUT2D eigenvalue weighted by molar-refractivity contribution is -0.146. The van der Waals surface area contributed by atoms with Gasteiger partial charge in [0.25, 0.3) is 0 Å². The molecule has 0 aliphatic rings. The molecule has 0 rings (SSSR count). The molecule has 0 saturated heterocycles. The Hall–Kier alpha value is -1.32. The molecule has 0 bridgehead atoms. The molecule has 0 aliphatic carbocycles. The van der Waals surface area contributed by atoms with Crippen LogP contribution in [-0.4, -0.2) is 24.6 Å². The van der Waals surface area contributed by atoms with Crippen molar-refractivity contribution < 1.29 is 19.1 Å². The second-order valence-electron chi connectivity index (χ2n) is 7.67. The van der Waals surface area contributed by atoms with Crippen LogP contribution in [0.1, 0.15) is 117 Å². The molecule has 0 aromatic heterocycles. The van der Waals surface area contributed by atoms with Crippen molar-refractivity contribution in [2.24, 2.45) is 0 Å². The van der Waals surface area contributed by atoms with E-state index in [0.717, 1.165) is 51.4 Å². The number of rotatable bonds is 19. The van der Waals surface area contributed by atoms with Crippen LogP contribution in [0, 0.1) is 0 Å². The zero-order chi connectivity index (χ0) is 20.9. The predicted octanol–water partition coefficient (Wildman–Crippen LogP) is 6.91. The Morgan fingerprint density at radius 1 is 0.821 bits per heavy atom. The van der Waals surface area contributed by atoms with E-state index in [0.29, 0.717) is 13.0 Å². The van der Waals surface area contributed by atoms with Crippen LogP contribution >= 0.6 is 0 Å². The van der Waals surface area contributed by atoms with Crippen LogP contribution in [0.2, 0.25) is 0 Å². The van der Waals surface area contributed by atoms with Gasteiger partial charge < -0.3 is 9.47 Å². The maximum atomic E-state index is 11.5. The van der Waals surface area contributed by atoms with Crippen molar-refractivity contribution in [1.82, 2.24) is 0 Å². The highest BCUT2D eigenvalue weighted by Gasteiger charge is 2.09. The molecular formula is C24H44O4. The summed E-state index contributed by atoms with van der Waals surface area (Å²) in [5.74, 6) is -0.225. The third-order valence-corrected chi connectivity index (χ3v) is 4.79. The van der Waals surface area contributed by atoms with Crippen LogP contribution in [0.15, 0.2) is 12.2 Å². The Morgan fingerprint density at radius 3 is 2.21 bits per heavy atom. The Morgan fingerprint density at radius 2 is 1.50 bits per heavy atom. The molecule has 164 valence electrons. The number of esters is 2. The van der Waals surface area contributed by atoms with Gasteiger partial charge in [0.2, 0.25) is 0 Å². The third-order valence-electron chi connectivity index (χ3n) is 4.79. The molecule has 0 heterocycles. The van der Waals surface area contributed by atoms with Crippen molar-refractivity contribution in [2.45, 2.75) is 123 Å². The Kier molecular flexibility index (Phi) is 19.5. The molecule has 0 N–H and O–H groups in total. The highest BCUT2D eigenvalue weighted by Crippen LogP contribution is 2.13. The van der Waals surface area contributed by atoms with Crippen molar-refractivity contribution >= 4 is 11.9 Å². The molecule has 0 spiro atoms. The van der Waals surface area contributed by atoms with Crippen molar-refractivity contribution in [3.63, 3.8) is 0 Å². The van der Waals surface area contributed by atoms with E-state index in [9.17, 15) is 9.59 Å².